The fourth-order valence-electron chi connectivity index (χ4n) is 1.72. The van der Waals surface area contributed by atoms with Crippen LogP contribution in [0.4, 0.5) is 5.69 Å². The number of carboxylic acids is 1. The number of ether oxygens (including phenoxy) is 2. The molecule has 2 heterocycles. The van der Waals surface area contributed by atoms with Crippen molar-refractivity contribution in [2.75, 3.05) is 12.1 Å². The van der Waals surface area contributed by atoms with Crippen LogP contribution in [0.5, 0.6) is 11.5 Å². The first-order valence-electron chi connectivity index (χ1n) is 5.54. The van der Waals surface area contributed by atoms with Crippen LogP contribution >= 0.6 is 0 Å². The molecule has 0 saturated heterocycles. The number of hydrogen-bond donors (Lipinski definition) is 2. The molecule has 20 heavy (non-hydrogen) atoms. The quantitative estimate of drug-likeness (QED) is 0.870. The molecule has 0 saturated carbocycles. The average Bonchev–Trinajstić information content (AvgIpc) is 3.06. The van der Waals surface area contributed by atoms with Crippen molar-refractivity contribution in [3.05, 3.63) is 35.7 Å². The minimum Gasteiger partial charge on any atom is -0.477 e. The van der Waals surface area contributed by atoms with E-state index in [-0.39, 0.29) is 18.1 Å². The Labute approximate surface area is 111 Å². The van der Waals surface area contributed by atoms with E-state index in [2.05, 4.69) is 15.0 Å². The number of aromatic nitrogens is 1. The predicted molar refractivity (Wildman–Crippen MR) is 64.0 cm³/mol. The summed E-state index contributed by atoms with van der Waals surface area (Å²) in [5.41, 5.74) is -0.169. The van der Waals surface area contributed by atoms with Crippen LogP contribution in [0.15, 0.2) is 29.0 Å². The Balaban J connectivity index is 1.82. The second-order valence-corrected chi connectivity index (χ2v) is 3.90. The molecule has 1 aromatic carbocycles. The first kappa shape index (κ1) is 12.0. The van der Waals surface area contributed by atoms with Gasteiger partial charge >= 0.3 is 5.97 Å². The molecule has 0 atom stereocenters. The number of anilines is 1. The zero-order valence-corrected chi connectivity index (χ0v) is 9.95. The van der Waals surface area contributed by atoms with Gasteiger partial charge < -0.3 is 24.4 Å². The third-order valence-corrected chi connectivity index (χ3v) is 2.65. The second kappa shape index (κ2) is 4.57. The van der Waals surface area contributed by atoms with Gasteiger partial charge in [0.2, 0.25) is 6.79 Å². The molecule has 2 aromatic rings. The average molecular weight is 276 g/mol. The third-order valence-electron chi connectivity index (χ3n) is 2.65. The highest BCUT2D eigenvalue weighted by molar-refractivity contribution is 6.09. The SMILES string of the molecule is O=C(O)c1conc1C(=O)Nc1ccc2c(c1)OCO2. The van der Waals surface area contributed by atoms with Gasteiger partial charge in [0.15, 0.2) is 17.2 Å². The van der Waals surface area contributed by atoms with E-state index in [4.69, 9.17) is 14.6 Å². The van der Waals surface area contributed by atoms with Crippen LogP contribution in [0.1, 0.15) is 20.8 Å². The fraction of sp³-hybridized carbons (Fsp3) is 0.0833. The molecule has 0 aliphatic carbocycles. The van der Waals surface area contributed by atoms with Gasteiger partial charge in [0.25, 0.3) is 5.91 Å². The van der Waals surface area contributed by atoms with Gasteiger partial charge in [-0.1, -0.05) is 5.16 Å². The number of aromatic carboxylic acids is 1. The molecule has 1 amide bonds. The molecule has 0 fully saturated rings. The molecular formula is C12H8N2O6. The van der Waals surface area contributed by atoms with Crippen molar-refractivity contribution in [1.82, 2.24) is 5.16 Å². The van der Waals surface area contributed by atoms with Crippen LogP contribution in [0, 0.1) is 0 Å². The maximum absolute atomic E-state index is 11.9. The topological polar surface area (TPSA) is 111 Å². The molecule has 1 aliphatic heterocycles. The number of hydrogen-bond acceptors (Lipinski definition) is 6. The van der Waals surface area contributed by atoms with Crippen LogP contribution in [-0.4, -0.2) is 28.9 Å². The van der Waals surface area contributed by atoms with Crippen molar-refractivity contribution in [3.63, 3.8) is 0 Å². The van der Waals surface area contributed by atoms with Crippen molar-refractivity contribution in [2.45, 2.75) is 0 Å². The molecular weight excluding hydrogens is 268 g/mol. The van der Waals surface area contributed by atoms with Gasteiger partial charge in [0, 0.05) is 11.8 Å². The summed E-state index contributed by atoms with van der Waals surface area (Å²) in [5, 5.41) is 14.8. The van der Waals surface area contributed by atoms with Crippen LogP contribution < -0.4 is 14.8 Å². The third kappa shape index (κ3) is 2.03. The van der Waals surface area contributed by atoms with Crippen molar-refractivity contribution in [3.8, 4) is 11.5 Å². The molecule has 1 aliphatic rings. The zero-order valence-electron chi connectivity index (χ0n) is 9.95. The summed E-state index contributed by atoms with van der Waals surface area (Å²) in [7, 11) is 0. The van der Waals surface area contributed by atoms with Crippen molar-refractivity contribution in [2.24, 2.45) is 0 Å². The van der Waals surface area contributed by atoms with E-state index in [1.165, 1.54) is 0 Å². The summed E-state index contributed by atoms with van der Waals surface area (Å²) in [4.78, 5) is 22.8. The standard InChI is InChI=1S/C12H8N2O6/c15-11(10-7(12(16)17)4-20-14-10)13-6-1-2-8-9(3-6)19-5-18-8/h1-4H,5H2,(H,13,15)(H,16,17). The fourth-order valence-corrected chi connectivity index (χ4v) is 1.72. The van der Waals surface area contributed by atoms with Crippen molar-refractivity contribution >= 4 is 17.6 Å². The monoisotopic (exact) mass is 276 g/mol. The molecule has 0 unspecified atom stereocenters. The zero-order chi connectivity index (χ0) is 14.1. The smallest absolute Gasteiger partial charge is 0.341 e. The Hall–Kier alpha value is -3.03. The lowest BCUT2D eigenvalue weighted by atomic mass is 10.2. The molecule has 0 spiro atoms. The van der Waals surface area contributed by atoms with Crippen molar-refractivity contribution < 1.29 is 28.7 Å². The number of fused-ring (bicyclic) bond motifs is 1. The normalized spacial score (nSPS) is 12.2. The van der Waals surface area contributed by atoms with Gasteiger partial charge in [-0.05, 0) is 12.1 Å². The summed E-state index contributed by atoms with van der Waals surface area (Å²) in [6.45, 7) is 0.124. The highest BCUT2D eigenvalue weighted by atomic mass is 16.7. The molecule has 3 rings (SSSR count). The van der Waals surface area contributed by atoms with E-state index in [9.17, 15) is 9.59 Å². The Kier molecular flexibility index (Phi) is 2.75. The highest BCUT2D eigenvalue weighted by Crippen LogP contribution is 2.34. The maximum atomic E-state index is 11.9. The molecule has 2 N–H and O–H groups in total. The van der Waals surface area contributed by atoms with Gasteiger partial charge in [-0.2, -0.15) is 0 Å². The number of carbonyl (C=O) groups excluding carboxylic acids is 1. The van der Waals surface area contributed by atoms with E-state index in [1.54, 1.807) is 18.2 Å². The summed E-state index contributed by atoms with van der Waals surface area (Å²) in [6, 6.07) is 4.81. The Morgan fingerprint density at radius 2 is 2.05 bits per heavy atom. The summed E-state index contributed by atoms with van der Waals surface area (Å²) in [5.74, 6) is -0.894. The lowest BCUT2D eigenvalue weighted by molar-refractivity contribution is 0.0692. The summed E-state index contributed by atoms with van der Waals surface area (Å²) < 4.78 is 14.8. The van der Waals surface area contributed by atoms with Crippen LogP contribution in [0.2, 0.25) is 0 Å². The Bertz CT molecular complexity index is 693. The van der Waals surface area contributed by atoms with E-state index in [0.29, 0.717) is 17.2 Å². The number of nitrogens with one attached hydrogen (secondary N) is 1. The number of benzene rings is 1. The van der Waals surface area contributed by atoms with E-state index in [1.807, 2.05) is 0 Å². The number of carboxylic acid groups (broad SMARTS) is 1. The first-order valence-corrected chi connectivity index (χ1v) is 5.54. The summed E-state index contributed by atoms with van der Waals surface area (Å²) >= 11 is 0. The van der Waals surface area contributed by atoms with Gasteiger partial charge in [-0.3, -0.25) is 4.79 Å². The largest absolute Gasteiger partial charge is 0.477 e. The van der Waals surface area contributed by atoms with E-state index in [0.717, 1.165) is 6.26 Å². The lowest BCUT2D eigenvalue weighted by Gasteiger charge is -2.04. The van der Waals surface area contributed by atoms with Crippen LogP contribution in [0.3, 0.4) is 0 Å². The Morgan fingerprint density at radius 1 is 1.25 bits per heavy atom. The van der Waals surface area contributed by atoms with E-state index < -0.39 is 11.9 Å². The highest BCUT2D eigenvalue weighted by Gasteiger charge is 2.22. The second-order valence-electron chi connectivity index (χ2n) is 3.90. The molecule has 0 radical (unpaired) electrons. The van der Waals surface area contributed by atoms with Crippen molar-refractivity contribution in [1.29, 1.82) is 0 Å². The maximum Gasteiger partial charge on any atom is 0.341 e. The van der Waals surface area contributed by atoms with E-state index >= 15 is 0 Å². The molecule has 0 bridgehead atoms. The Morgan fingerprint density at radius 3 is 2.85 bits per heavy atom. The summed E-state index contributed by atoms with van der Waals surface area (Å²) in [6.07, 6.45) is 0.900. The number of amides is 1. The number of nitrogens with zero attached hydrogens (tertiary/aromatic N) is 1. The first-order chi connectivity index (χ1) is 9.65. The lowest BCUT2D eigenvalue weighted by Crippen LogP contribution is -2.16. The molecule has 102 valence electrons. The van der Waals surface area contributed by atoms with Crippen LogP contribution in [-0.2, 0) is 0 Å². The van der Waals surface area contributed by atoms with Gasteiger partial charge in [-0.25, -0.2) is 4.79 Å². The van der Waals surface area contributed by atoms with Gasteiger partial charge in [0.1, 0.15) is 11.8 Å². The molecule has 1 aromatic heterocycles. The van der Waals surface area contributed by atoms with Gasteiger partial charge in [0.05, 0.1) is 0 Å². The minimum atomic E-state index is -1.29. The number of carbonyl (C=O) groups is 2. The van der Waals surface area contributed by atoms with Gasteiger partial charge in [-0.15, -0.1) is 0 Å². The minimum absolute atomic E-state index is 0.124. The molecule has 8 nitrogen and oxygen atoms in total. The molecule has 8 heteroatoms. The predicted octanol–water partition coefficient (Wildman–Crippen LogP) is 1.35. The number of rotatable bonds is 3. The van der Waals surface area contributed by atoms with Crippen LogP contribution in [0.25, 0.3) is 0 Å².